The molecule has 0 heterocycles. The van der Waals surface area contributed by atoms with Gasteiger partial charge in [0.2, 0.25) is 5.91 Å². The van der Waals surface area contributed by atoms with Crippen LogP contribution in [0.4, 0.5) is 11.4 Å². The molecule has 8 heteroatoms. The number of carbonyl (C=O) groups excluding carboxylic acids is 1. The van der Waals surface area contributed by atoms with Gasteiger partial charge in [-0.15, -0.1) is 0 Å². The molecule has 1 rings (SSSR count). The van der Waals surface area contributed by atoms with Gasteiger partial charge in [-0.3, -0.25) is 14.9 Å². The Morgan fingerprint density at radius 3 is 2.48 bits per heavy atom. The number of hydrogen-bond donors (Lipinski definition) is 3. The van der Waals surface area contributed by atoms with E-state index in [1.165, 1.54) is 19.2 Å². The molecule has 0 unspecified atom stereocenters. The zero-order valence-electron chi connectivity index (χ0n) is 12.0. The van der Waals surface area contributed by atoms with Gasteiger partial charge >= 0.3 is 5.97 Å². The first-order valence-electron chi connectivity index (χ1n) is 6.17. The number of nitrogens with one attached hydrogen (secondary N) is 2. The first-order chi connectivity index (χ1) is 9.69. The number of benzene rings is 1. The van der Waals surface area contributed by atoms with E-state index in [0.29, 0.717) is 5.69 Å². The molecule has 0 saturated carbocycles. The lowest BCUT2D eigenvalue weighted by Crippen LogP contribution is -2.39. The molecule has 0 atom stereocenters. The maximum Gasteiger partial charge on any atom is 0.342 e. The van der Waals surface area contributed by atoms with Gasteiger partial charge in [0.15, 0.2) is 0 Å². The fraction of sp³-hybridized carbons (Fsp3) is 0.385. The maximum absolute atomic E-state index is 11.6. The molecule has 0 aliphatic rings. The summed E-state index contributed by atoms with van der Waals surface area (Å²) >= 11 is 0. The van der Waals surface area contributed by atoms with Crippen molar-refractivity contribution in [3.05, 3.63) is 33.9 Å². The predicted octanol–water partition coefficient (Wildman–Crippen LogP) is 1.48. The lowest BCUT2D eigenvalue weighted by atomic mass is 9.92. The van der Waals surface area contributed by atoms with Crippen LogP contribution in [0.5, 0.6) is 0 Å². The minimum atomic E-state index is -1.38. The average molecular weight is 295 g/mol. The van der Waals surface area contributed by atoms with Crippen LogP contribution in [-0.2, 0) is 4.79 Å². The standard InChI is InChI=1S/C13H17N3O5/c1-13(2,12(19)14-3)7-15-8-4-5-10(16(20)21)9(6-8)11(17)18/h4-6,15H,7H2,1-3H3,(H,14,19)(H,17,18). The van der Waals surface area contributed by atoms with Crippen LogP contribution in [0.3, 0.4) is 0 Å². The minimum Gasteiger partial charge on any atom is -0.477 e. The number of carbonyl (C=O) groups is 2. The number of nitro groups is 1. The Labute approximate surface area is 121 Å². The second kappa shape index (κ2) is 6.21. The van der Waals surface area contributed by atoms with Crippen molar-refractivity contribution in [3.8, 4) is 0 Å². The normalized spacial score (nSPS) is 10.8. The van der Waals surface area contributed by atoms with Crippen LogP contribution < -0.4 is 10.6 Å². The fourth-order valence-electron chi connectivity index (χ4n) is 1.72. The van der Waals surface area contributed by atoms with E-state index < -0.39 is 27.6 Å². The highest BCUT2D eigenvalue weighted by atomic mass is 16.6. The number of carboxylic acid groups (broad SMARTS) is 1. The third kappa shape index (κ3) is 3.91. The lowest BCUT2D eigenvalue weighted by Gasteiger charge is -2.23. The molecule has 0 radical (unpaired) electrons. The van der Waals surface area contributed by atoms with Crippen LogP contribution in [0.1, 0.15) is 24.2 Å². The van der Waals surface area contributed by atoms with E-state index in [9.17, 15) is 19.7 Å². The number of nitro benzene ring substituents is 1. The zero-order chi connectivity index (χ0) is 16.2. The molecule has 1 aromatic rings. The molecule has 0 spiro atoms. The van der Waals surface area contributed by atoms with Gasteiger partial charge in [-0.25, -0.2) is 4.79 Å². The second-order valence-electron chi connectivity index (χ2n) is 5.11. The number of anilines is 1. The van der Waals surface area contributed by atoms with Gasteiger partial charge in [0, 0.05) is 25.3 Å². The van der Waals surface area contributed by atoms with E-state index in [2.05, 4.69) is 10.6 Å². The summed E-state index contributed by atoms with van der Waals surface area (Å²) in [6, 6.07) is 3.71. The molecule has 0 aliphatic carbocycles. The molecule has 114 valence electrons. The average Bonchev–Trinajstić information content (AvgIpc) is 2.43. The summed E-state index contributed by atoms with van der Waals surface area (Å²) in [5, 5.41) is 25.2. The van der Waals surface area contributed by atoms with Crippen molar-refractivity contribution in [2.24, 2.45) is 5.41 Å². The highest BCUT2D eigenvalue weighted by Gasteiger charge is 2.27. The number of amides is 1. The second-order valence-corrected chi connectivity index (χ2v) is 5.11. The fourth-order valence-corrected chi connectivity index (χ4v) is 1.72. The lowest BCUT2D eigenvalue weighted by molar-refractivity contribution is -0.385. The van der Waals surface area contributed by atoms with E-state index in [1.54, 1.807) is 13.8 Å². The Morgan fingerprint density at radius 1 is 1.38 bits per heavy atom. The van der Waals surface area contributed by atoms with Crippen molar-refractivity contribution < 1.29 is 19.6 Å². The summed E-state index contributed by atoms with van der Waals surface area (Å²) in [5.74, 6) is -1.55. The molecule has 3 N–H and O–H groups in total. The van der Waals surface area contributed by atoms with Gasteiger partial charge in [0.1, 0.15) is 5.56 Å². The van der Waals surface area contributed by atoms with Crippen molar-refractivity contribution in [2.75, 3.05) is 18.9 Å². The smallest absolute Gasteiger partial charge is 0.342 e. The van der Waals surface area contributed by atoms with E-state index in [-0.39, 0.29) is 12.5 Å². The van der Waals surface area contributed by atoms with Crippen LogP contribution in [0.25, 0.3) is 0 Å². The third-order valence-corrected chi connectivity index (χ3v) is 3.00. The van der Waals surface area contributed by atoms with E-state index in [0.717, 1.165) is 6.07 Å². The monoisotopic (exact) mass is 295 g/mol. The summed E-state index contributed by atoms with van der Waals surface area (Å²) in [6.07, 6.45) is 0. The van der Waals surface area contributed by atoms with Crippen LogP contribution in [0.2, 0.25) is 0 Å². The van der Waals surface area contributed by atoms with Gasteiger partial charge in [0.05, 0.1) is 10.3 Å². The van der Waals surface area contributed by atoms with Crippen molar-refractivity contribution in [1.29, 1.82) is 0 Å². The highest BCUT2D eigenvalue weighted by Crippen LogP contribution is 2.24. The van der Waals surface area contributed by atoms with Crippen LogP contribution in [-0.4, -0.2) is 35.5 Å². The largest absolute Gasteiger partial charge is 0.477 e. The highest BCUT2D eigenvalue weighted by molar-refractivity contribution is 5.93. The van der Waals surface area contributed by atoms with Gasteiger partial charge in [-0.2, -0.15) is 0 Å². The first kappa shape index (κ1) is 16.4. The summed E-state index contributed by atoms with van der Waals surface area (Å²) in [5.41, 5.74) is -1.18. The minimum absolute atomic E-state index is 0.171. The van der Waals surface area contributed by atoms with Crippen LogP contribution in [0.15, 0.2) is 18.2 Å². The Hall–Kier alpha value is -2.64. The van der Waals surface area contributed by atoms with Gasteiger partial charge in [-0.05, 0) is 26.0 Å². The summed E-state index contributed by atoms with van der Waals surface area (Å²) < 4.78 is 0. The number of hydrogen-bond acceptors (Lipinski definition) is 5. The molecular weight excluding hydrogens is 278 g/mol. The van der Waals surface area contributed by atoms with Gasteiger partial charge in [0.25, 0.3) is 5.69 Å². The maximum atomic E-state index is 11.6. The molecule has 0 fully saturated rings. The van der Waals surface area contributed by atoms with E-state index >= 15 is 0 Å². The van der Waals surface area contributed by atoms with E-state index in [4.69, 9.17) is 5.11 Å². The molecule has 1 amide bonds. The predicted molar refractivity (Wildman–Crippen MR) is 76.4 cm³/mol. The third-order valence-electron chi connectivity index (χ3n) is 3.00. The summed E-state index contributed by atoms with van der Waals surface area (Å²) in [7, 11) is 1.53. The quantitative estimate of drug-likeness (QED) is 0.539. The molecule has 0 aromatic heterocycles. The van der Waals surface area contributed by atoms with E-state index in [1.807, 2.05) is 0 Å². The molecule has 21 heavy (non-hydrogen) atoms. The Kier molecular flexibility index (Phi) is 4.85. The Bertz CT molecular complexity index is 583. The van der Waals surface area contributed by atoms with Crippen LogP contribution in [0, 0.1) is 15.5 Å². The van der Waals surface area contributed by atoms with Crippen molar-refractivity contribution in [2.45, 2.75) is 13.8 Å². The molecule has 0 aliphatic heterocycles. The molecule has 8 nitrogen and oxygen atoms in total. The van der Waals surface area contributed by atoms with Crippen molar-refractivity contribution >= 4 is 23.3 Å². The molecule has 0 bridgehead atoms. The molecule has 1 aromatic carbocycles. The number of carboxylic acids is 1. The topological polar surface area (TPSA) is 122 Å². The SMILES string of the molecule is CNC(=O)C(C)(C)CNc1ccc([N+](=O)[O-])c(C(=O)O)c1. The summed E-state index contributed by atoms with van der Waals surface area (Å²) in [4.78, 5) is 32.7. The summed E-state index contributed by atoms with van der Waals surface area (Å²) in [6.45, 7) is 3.70. The molecule has 0 saturated heterocycles. The van der Waals surface area contributed by atoms with Gasteiger partial charge in [-0.1, -0.05) is 0 Å². The van der Waals surface area contributed by atoms with Crippen molar-refractivity contribution in [1.82, 2.24) is 5.32 Å². The Balaban J connectivity index is 2.96. The van der Waals surface area contributed by atoms with Crippen molar-refractivity contribution in [3.63, 3.8) is 0 Å². The number of aromatic carboxylic acids is 1. The Morgan fingerprint density at radius 2 is 2.00 bits per heavy atom. The first-order valence-corrected chi connectivity index (χ1v) is 6.17. The van der Waals surface area contributed by atoms with Gasteiger partial charge < -0.3 is 15.7 Å². The number of rotatable bonds is 6. The zero-order valence-corrected chi connectivity index (χ0v) is 12.0. The molecular formula is C13H17N3O5. The van der Waals surface area contributed by atoms with Crippen LogP contribution >= 0.6 is 0 Å². The number of nitrogens with zero attached hydrogens (tertiary/aromatic N) is 1.